The Hall–Kier alpha value is -5.26. The molecule has 3 N–H and O–H groups in total. The minimum atomic E-state index is -0.461. The Bertz CT molecular complexity index is 1440. The molecular weight excluding hydrogens is 464 g/mol. The van der Waals surface area contributed by atoms with E-state index in [0.717, 1.165) is 16.8 Å². The summed E-state index contributed by atoms with van der Waals surface area (Å²) in [7, 11) is 0. The van der Waals surface area contributed by atoms with E-state index in [-0.39, 0.29) is 30.3 Å². The summed E-state index contributed by atoms with van der Waals surface area (Å²) in [6.45, 7) is 2.16. The molecule has 12 nitrogen and oxygen atoms in total. The number of nitrogens with one attached hydrogen (secondary N) is 3. The summed E-state index contributed by atoms with van der Waals surface area (Å²) in [4.78, 5) is 23.7. The molecule has 0 saturated carbocycles. The molecule has 0 spiro atoms. The van der Waals surface area contributed by atoms with E-state index in [9.17, 15) is 10.1 Å². The number of nitro benzene ring substituents is 1. The van der Waals surface area contributed by atoms with Gasteiger partial charge in [-0.3, -0.25) is 10.1 Å². The number of hydrazone groups is 1. The Morgan fingerprint density at radius 1 is 0.917 bits per heavy atom. The Morgan fingerprint density at radius 2 is 1.64 bits per heavy atom. The predicted molar refractivity (Wildman–Crippen MR) is 134 cm³/mol. The standard InChI is InChI=1S/C24H20N8O4/c1-15-4-2-3-5-19(15)27-23-28-22(26-17-7-9-18(10-8-17)32(33)34)29-24(30-23)31-25-13-16-6-11-20-21(12-16)36-14-35-20/h2-13H,14H2,1H3,(H3,26,27,28,29,30,31)/b25-13+. The zero-order valence-corrected chi connectivity index (χ0v) is 19.0. The summed E-state index contributed by atoms with van der Waals surface area (Å²) in [5, 5.41) is 21.4. The summed E-state index contributed by atoms with van der Waals surface area (Å²) in [6.07, 6.45) is 1.60. The van der Waals surface area contributed by atoms with E-state index in [1.807, 2.05) is 49.4 Å². The molecule has 0 aliphatic carbocycles. The number of benzene rings is 3. The summed E-state index contributed by atoms with van der Waals surface area (Å²) < 4.78 is 10.7. The summed E-state index contributed by atoms with van der Waals surface area (Å²) >= 11 is 0. The van der Waals surface area contributed by atoms with E-state index in [2.05, 4.69) is 36.1 Å². The Labute approximate surface area is 205 Å². The lowest BCUT2D eigenvalue weighted by molar-refractivity contribution is -0.384. The number of aromatic nitrogens is 3. The number of aryl methyl sites for hydroxylation is 1. The van der Waals surface area contributed by atoms with Crippen LogP contribution in [-0.2, 0) is 0 Å². The average molecular weight is 484 g/mol. The first kappa shape index (κ1) is 22.5. The van der Waals surface area contributed by atoms with Gasteiger partial charge in [-0.15, -0.1) is 0 Å². The van der Waals surface area contributed by atoms with Crippen molar-refractivity contribution in [2.45, 2.75) is 6.92 Å². The van der Waals surface area contributed by atoms with E-state index in [1.54, 1.807) is 18.3 Å². The van der Waals surface area contributed by atoms with Gasteiger partial charge in [-0.05, 0) is 54.4 Å². The first-order valence-electron chi connectivity index (χ1n) is 10.8. The topological polar surface area (TPSA) is 149 Å². The summed E-state index contributed by atoms with van der Waals surface area (Å²) in [5.41, 5.74) is 6.01. The van der Waals surface area contributed by atoms with Crippen LogP contribution in [0.2, 0.25) is 0 Å². The van der Waals surface area contributed by atoms with Gasteiger partial charge in [0.15, 0.2) is 11.5 Å². The van der Waals surface area contributed by atoms with Gasteiger partial charge >= 0.3 is 0 Å². The van der Waals surface area contributed by atoms with Crippen molar-refractivity contribution in [2.75, 3.05) is 22.9 Å². The van der Waals surface area contributed by atoms with Crippen LogP contribution in [0.5, 0.6) is 11.5 Å². The third-order valence-corrected chi connectivity index (χ3v) is 5.14. The van der Waals surface area contributed by atoms with Crippen molar-refractivity contribution in [3.63, 3.8) is 0 Å². The molecule has 0 atom stereocenters. The zero-order chi connectivity index (χ0) is 24.9. The van der Waals surface area contributed by atoms with Crippen LogP contribution in [0.15, 0.2) is 71.8 Å². The quantitative estimate of drug-likeness (QED) is 0.182. The van der Waals surface area contributed by atoms with Crippen molar-refractivity contribution in [3.8, 4) is 11.5 Å². The van der Waals surface area contributed by atoms with Crippen LogP contribution in [0, 0.1) is 17.0 Å². The van der Waals surface area contributed by atoms with E-state index in [1.165, 1.54) is 12.1 Å². The highest BCUT2D eigenvalue weighted by Crippen LogP contribution is 2.32. The lowest BCUT2D eigenvalue weighted by Crippen LogP contribution is -2.07. The van der Waals surface area contributed by atoms with Crippen molar-refractivity contribution in [1.29, 1.82) is 0 Å². The minimum Gasteiger partial charge on any atom is -0.454 e. The number of ether oxygens (including phenoxy) is 2. The second-order valence-corrected chi connectivity index (χ2v) is 7.66. The lowest BCUT2D eigenvalue weighted by atomic mass is 10.2. The van der Waals surface area contributed by atoms with Crippen molar-refractivity contribution in [2.24, 2.45) is 5.10 Å². The molecule has 5 rings (SSSR count). The molecule has 180 valence electrons. The SMILES string of the molecule is Cc1ccccc1Nc1nc(N/N=C/c2ccc3c(c2)OCO3)nc(Nc2ccc([N+](=O)[O-])cc2)n1. The van der Waals surface area contributed by atoms with Crippen molar-refractivity contribution in [3.05, 3.63) is 88.0 Å². The number of nitrogens with zero attached hydrogens (tertiary/aromatic N) is 5. The molecule has 4 aromatic rings. The maximum absolute atomic E-state index is 10.9. The predicted octanol–water partition coefficient (Wildman–Crippen LogP) is 4.75. The van der Waals surface area contributed by atoms with Gasteiger partial charge < -0.3 is 20.1 Å². The normalized spacial score (nSPS) is 11.9. The molecule has 3 aromatic carbocycles. The maximum Gasteiger partial charge on any atom is 0.269 e. The zero-order valence-electron chi connectivity index (χ0n) is 19.0. The molecule has 12 heteroatoms. The third kappa shape index (κ3) is 5.28. The fraction of sp³-hybridized carbons (Fsp3) is 0.0833. The Morgan fingerprint density at radius 3 is 2.42 bits per heavy atom. The first-order chi connectivity index (χ1) is 17.5. The fourth-order valence-electron chi connectivity index (χ4n) is 3.32. The van der Waals surface area contributed by atoms with Gasteiger partial charge in [0.25, 0.3) is 5.69 Å². The first-order valence-corrected chi connectivity index (χ1v) is 10.8. The van der Waals surface area contributed by atoms with Crippen LogP contribution in [0.3, 0.4) is 0 Å². The largest absolute Gasteiger partial charge is 0.454 e. The van der Waals surface area contributed by atoms with Gasteiger partial charge in [0, 0.05) is 23.5 Å². The van der Waals surface area contributed by atoms with Crippen LogP contribution in [0.4, 0.5) is 34.9 Å². The van der Waals surface area contributed by atoms with Gasteiger partial charge in [-0.1, -0.05) is 18.2 Å². The molecule has 2 heterocycles. The number of fused-ring (bicyclic) bond motifs is 1. The van der Waals surface area contributed by atoms with Gasteiger partial charge in [0.1, 0.15) is 0 Å². The van der Waals surface area contributed by atoms with Gasteiger partial charge in [-0.25, -0.2) is 5.43 Å². The van der Waals surface area contributed by atoms with E-state index < -0.39 is 4.92 Å². The Balaban J connectivity index is 1.39. The molecule has 1 aliphatic heterocycles. The lowest BCUT2D eigenvalue weighted by Gasteiger charge is -2.11. The maximum atomic E-state index is 10.9. The highest BCUT2D eigenvalue weighted by Gasteiger charge is 2.13. The molecule has 1 aromatic heterocycles. The minimum absolute atomic E-state index is 0.0154. The second kappa shape index (κ2) is 9.93. The smallest absolute Gasteiger partial charge is 0.269 e. The van der Waals surface area contributed by atoms with E-state index in [0.29, 0.717) is 17.2 Å². The number of para-hydroxylation sites is 1. The molecule has 0 amide bonds. The number of hydrogen-bond acceptors (Lipinski definition) is 11. The Kier molecular flexibility index (Phi) is 6.21. The number of nitro groups is 1. The van der Waals surface area contributed by atoms with Gasteiger partial charge in [0.05, 0.1) is 11.1 Å². The molecule has 0 unspecified atom stereocenters. The van der Waals surface area contributed by atoms with E-state index >= 15 is 0 Å². The monoisotopic (exact) mass is 484 g/mol. The van der Waals surface area contributed by atoms with Crippen LogP contribution in [0.1, 0.15) is 11.1 Å². The third-order valence-electron chi connectivity index (χ3n) is 5.14. The summed E-state index contributed by atoms with van der Waals surface area (Å²) in [5.74, 6) is 2.02. The van der Waals surface area contributed by atoms with Crippen LogP contribution in [-0.4, -0.2) is 32.9 Å². The number of non-ortho nitro benzene ring substituents is 1. The molecule has 0 radical (unpaired) electrons. The fourth-order valence-corrected chi connectivity index (χ4v) is 3.32. The highest BCUT2D eigenvalue weighted by molar-refractivity contribution is 5.81. The van der Waals surface area contributed by atoms with E-state index in [4.69, 9.17) is 9.47 Å². The second-order valence-electron chi connectivity index (χ2n) is 7.66. The van der Waals surface area contributed by atoms with Gasteiger partial charge in [-0.2, -0.15) is 20.1 Å². The van der Waals surface area contributed by atoms with Crippen molar-refractivity contribution < 1.29 is 14.4 Å². The molecular formula is C24H20N8O4. The van der Waals surface area contributed by atoms with Crippen LogP contribution in [0.25, 0.3) is 0 Å². The van der Waals surface area contributed by atoms with Crippen molar-refractivity contribution in [1.82, 2.24) is 15.0 Å². The number of rotatable bonds is 8. The highest BCUT2D eigenvalue weighted by atomic mass is 16.7. The summed E-state index contributed by atoms with van der Waals surface area (Å²) in [6, 6.07) is 19.1. The van der Waals surface area contributed by atoms with Gasteiger partial charge in [0.2, 0.25) is 24.6 Å². The molecule has 36 heavy (non-hydrogen) atoms. The average Bonchev–Trinajstić information content (AvgIpc) is 3.34. The number of anilines is 5. The molecule has 0 saturated heterocycles. The number of hydrogen-bond donors (Lipinski definition) is 3. The van der Waals surface area contributed by atoms with Crippen molar-refractivity contribution >= 4 is 41.1 Å². The van der Waals surface area contributed by atoms with Crippen LogP contribution >= 0.6 is 0 Å². The molecule has 0 fully saturated rings. The van der Waals surface area contributed by atoms with Crippen LogP contribution < -0.4 is 25.5 Å². The molecule has 1 aliphatic rings. The molecule has 0 bridgehead atoms.